The molecule has 1 rings (SSSR count). The van der Waals surface area contributed by atoms with E-state index in [2.05, 4.69) is 4.89 Å². The topological polar surface area (TPSA) is 56.4 Å². The minimum atomic E-state index is 0.0447. The highest BCUT2D eigenvalue weighted by atomic mass is 17.1. The van der Waals surface area contributed by atoms with E-state index in [1.165, 1.54) is 12.4 Å². The normalized spacial score (nSPS) is 9.70. The third kappa shape index (κ3) is 1.68. The summed E-state index contributed by atoms with van der Waals surface area (Å²) in [6.45, 7) is 0.0447. The van der Waals surface area contributed by atoms with Gasteiger partial charge in [0.15, 0.2) is 12.4 Å². The molecule has 1 N–H and O–H groups in total. The van der Waals surface area contributed by atoms with E-state index in [0.717, 1.165) is 0 Å². The fourth-order valence-corrected chi connectivity index (χ4v) is 0.661. The molecule has 10 heavy (non-hydrogen) atoms. The highest BCUT2D eigenvalue weighted by molar-refractivity contribution is 5.03. The summed E-state index contributed by atoms with van der Waals surface area (Å²) in [6, 6.07) is 3.27. The summed E-state index contributed by atoms with van der Waals surface area (Å²) in [5.41, 5.74) is 0.639. The Balaban J connectivity index is 2.75. The van der Waals surface area contributed by atoms with Crippen molar-refractivity contribution in [1.29, 1.82) is 0 Å². The molecule has 4 heteroatoms. The van der Waals surface area contributed by atoms with Gasteiger partial charge in [-0.3, -0.25) is 5.26 Å². The number of rotatable bonds is 2. The summed E-state index contributed by atoms with van der Waals surface area (Å²) < 4.78 is 0.647. The van der Waals surface area contributed by atoms with E-state index in [4.69, 9.17) is 5.26 Å². The van der Waals surface area contributed by atoms with Gasteiger partial charge in [-0.2, -0.15) is 4.73 Å². The van der Waals surface area contributed by atoms with E-state index in [0.29, 0.717) is 10.3 Å². The Morgan fingerprint density at radius 3 is 3.10 bits per heavy atom. The van der Waals surface area contributed by atoms with Crippen LogP contribution >= 0.6 is 0 Å². The van der Waals surface area contributed by atoms with Crippen molar-refractivity contribution in [2.75, 3.05) is 0 Å². The number of hydrogen-bond donors (Lipinski definition) is 1. The monoisotopic (exact) mass is 141 g/mol. The molecule has 0 unspecified atom stereocenters. The van der Waals surface area contributed by atoms with Crippen molar-refractivity contribution in [2.45, 2.75) is 6.61 Å². The van der Waals surface area contributed by atoms with E-state index >= 15 is 0 Å². The van der Waals surface area contributed by atoms with Crippen molar-refractivity contribution in [1.82, 2.24) is 0 Å². The molecule has 54 valence electrons. The largest absolute Gasteiger partial charge is 0.619 e. The van der Waals surface area contributed by atoms with Gasteiger partial charge in [0.1, 0.15) is 6.61 Å². The first-order valence-corrected chi connectivity index (χ1v) is 2.77. The molecule has 0 fully saturated rings. The van der Waals surface area contributed by atoms with Crippen LogP contribution < -0.4 is 4.73 Å². The molecular weight excluding hydrogens is 134 g/mol. The molecule has 1 aromatic rings. The lowest BCUT2D eigenvalue weighted by molar-refractivity contribution is -0.606. The molecule has 0 amide bonds. The highest BCUT2D eigenvalue weighted by Crippen LogP contribution is 1.94. The van der Waals surface area contributed by atoms with Crippen LogP contribution in [0.4, 0.5) is 0 Å². The van der Waals surface area contributed by atoms with E-state index < -0.39 is 0 Å². The lowest BCUT2D eigenvalue weighted by Crippen LogP contribution is -2.24. The van der Waals surface area contributed by atoms with Crippen molar-refractivity contribution in [3.05, 3.63) is 35.3 Å². The standard InChI is InChI=1S/C6H7NO3/c8-7-3-1-2-6(4-7)5-10-9/h1-4,9H,5H2. The van der Waals surface area contributed by atoms with E-state index in [1.54, 1.807) is 12.1 Å². The third-order valence-electron chi connectivity index (χ3n) is 1.07. The van der Waals surface area contributed by atoms with Crippen LogP contribution in [0.2, 0.25) is 0 Å². The fraction of sp³-hybridized carbons (Fsp3) is 0.167. The first-order chi connectivity index (χ1) is 4.83. The van der Waals surface area contributed by atoms with Gasteiger partial charge >= 0.3 is 0 Å². The van der Waals surface area contributed by atoms with Crippen LogP contribution in [0.25, 0.3) is 0 Å². The van der Waals surface area contributed by atoms with E-state index in [1.807, 2.05) is 0 Å². The summed E-state index contributed by atoms with van der Waals surface area (Å²) in [6.07, 6.45) is 2.69. The SMILES string of the molecule is [O-][n+]1cccc(COO)c1. The molecule has 0 saturated heterocycles. The van der Waals surface area contributed by atoms with Crippen LogP contribution in [0, 0.1) is 5.21 Å². The Kier molecular flexibility index (Phi) is 2.20. The quantitative estimate of drug-likeness (QED) is 0.279. The summed E-state index contributed by atoms with van der Waals surface area (Å²) in [4.78, 5) is 3.83. The molecule has 1 aromatic heterocycles. The number of nitrogens with zero attached hydrogens (tertiary/aromatic N) is 1. The molecule has 0 saturated carbocycles. The molecule has 0 atom stereocenters. The van der Waals surface area contributed by atoms with Crippen LogP contribution in [0.15, 0.2) is 24.5 Å². The zero-order valence-corrected chi connectivity index (χ0v) is 5.23. The van der Waals surface area contributed by atoms with Gasteiger partial charge in [0.2, 0.25) is 0 Å². The van der Waals surface area contributed by atoms with Crippen molar-refractivity contribution >= 4 is 0 Å². The molecular formula is C6H7NO3. The maximum absolute atomic E-state index is 10.5. The second kappa shape index (κ2) is 3.14. The average molecular weight is 141 g/mol. The molecule has 0 aliphatic heterocycles. The van der Waals surface area contributed by atoms with Crippen molar-refractivity contribution in [3.8, 4) is 0 Å². The Morgan fingerprint density at radius 2 is 2.50 bits per heavy atom. The van der Waals surface area contributed by atoms with Crippen LogP contribution in [0.1, 0.15) is 5.56 Å². The van der Waals surface area contributed by atoms with Crippen LogP contribution in [0.5, 0.6) is 0 Å². The van der Waals surface area contributed by atoms with Gasteiger partial charge < -0.3 is 5.21 Å². The molecule has 4 nitrogen and oxygen atoms in total. The molecule has 0 aliphatic carbocycles. The smallest absolute Gasteiger partial charge is 0.185 e. The lowest BCUT2D eigenvalue weighted by atomic mass is 10.3. The third-order valence-corrected chi connectivity index (χ3v) is 1.07. The van der Waals surface area contributed by atoms with Gasteiger partial charge in [-0.15, -0.1) is 0 Å². The molecule has 0 aromatic carbocycles. The van der Waals surface area contributed by atoms with Gasteiger partial charge in [0.05, 0.1) is 0 Å². The predicted molar refractivity (Wildman–Crippen MR) is 32.8 cm³/mol. The van der Waals surface area contributed by atoms with Gasteiger partial charge in [-0.05, 0) is 6.07 Å². The molecule has 0 spiro atoms. The fourth-order valence-electron chi connectivity index (χ4n) is 0.661. The first kappa shape index (κ1) is 6.98. The summed E-state index contributed by atoms with van der Waals surface area (Å²) in [7, 11) is 0. The second-order valence-electron chi connectivity index (χ2n) is 1.85. The highest BCUT2D eigenvalue weighted by Gasteiger charge is 1.94. The van der Waals surface area contributed by atoms with Crippen LogP contribution in [-0.4, -0.2) is 5.26 Å². The Hall–Kier alpha value is -1.13. The van der Waals surface area contributed by atoms with E-state index in [-0.39, 0.29) is 6.61 Å². The van der Waals surface area contributed by atoms with E-state index in [9.17, 15) is 5.21 Å². The summed E-state index contributed by atoms with van der Waals surface area (Å²) in [5, 5.41) is 18.5. The molecule has 0 aliphatic rings. The maximum atomic E-state index is 10.5. The van der Waals surface area contributed by atoms with Gasteiger partial charge in [-0.25, -0.2) is 4.89 Å². The van der Waals surface area contributed by atoms with Crippen molar-refractivity contribution in [3.63, 3.8) is 0 Å². The summed E-state index contributed by atoms with van der Waals surface area (Å²) >= 11 is 0. The van der Waals surface area contributed by atoms with Gasteiger partial charge in [0, 0.05) is 11.6 Å². The Morgan fingerprint density at radius 1 is 1.70 bits per heavy atom. The number of pyridine rings is 1. The first-order valence-electron chi connectivity index (χ1n) is 2.77. The molecule has 0 radical (unpaired) electrons. The van der Waals surface area contributed by atoms with Crippen molar-refractivity contribution in [2.24, 2.45) is 0 Å². The maximum Gasteiger partial charge on any atom is 0.185 e. The molecule has 1 heterocycles. The summed E-state index contributed by atoms with van der Waals surface area (Å²) in [5.74, 6) is 0. The minimum Gasteiger partial charge on any atom is -0.619 e. The average Bonchev–Trinajstić information content (AvgIpc) is 1.88. The number of hydrogen-bond acceptors (Lipinski definition) is 3. The Bertz CT molecular complexity index is 214. The Labute approximate surface area is 57.8 Å². The number of aromatic nitrogens is 1. The zero-order valence-electron chi connectivity index (χ0n) is 5.23. The minimum absolute atomic E-state index is 0.0447. The van der Waals surface area contributed by atoms with Crippen LogP contribution in [-0.2, 0) is 11.5 Å². The van der Waals surface area contributed by atoms with Crippen LogP contribution in [0.3, 0.4) is 0 Å². The zero-order chi connectivity index (χ0) is 7.40. The van der Waals surface area contributed by atoms with Gasteiger partial charge in [-0.1, -0.05) is 0 Å². The molecule has 0 bridgehead atoms. The predicted octanol–water partition coefficient (Wildman–Crippen LogP) is 0.310. The van der Waals surface area contributed by atoms with Gasteiger partial charge in [0.25, 0.3) is 0 Å². The van der Waals surface area contributed by atoms with Crippen molar-refractivity contribution < 1.29 is 14.9 Å². The lowest BCUT2D eigenvalue weighted by Gasteiger charge is -1.97. The second-order valence-corrected chi connectivity index (χ2v) is 1.85.